The van der Waals surface area contributed by atoms with E-state index in [1.54, 1.807) is 0 Å². The van der Waals surface area contributed by atoms with E-state index in [0.29, 0.717) is 5.82 Å². The summed E-state index contributed by atoms with van der Waals surface area (Å²) in [5, 5.41) is 2.55. The molecular formula is C47H34N2. The molecule has 0 radical (unpaired) electrons. The standard InChI is InChI=1S/C47H34N2/c1-47(2)41-27-15-26-39(45(41)40-28-33-20-9-10-21-34(33)29-42(40)47)37-24-12-11-22-35(37)36-23-13-14-25-38(36)44-30-43(31-16-5-3-6-17-31)48-46(49-44)32-18-7-4-8-19-32/h3-30H,1-2H3. The molecule has 1 aliphatic carbocycles. The third kappa shape index (κ3) is 4.88. The number of nitrogens with zero attached hydrogens (tertiary/aromatic N) is 2. The Kier molecular flexibility index (Phi) is 6.84. The molecule has 0 aliphatic heterocycles. The lowest BCUT2D eigenvalue weighted by Crippen LogP contribution is -2.14. The minimum Gasteiger partial charge on any atom is -0.228 e. The summed E-state index contributed by atoms with van der Waals surface area (Å²) >= 11 is 0. The summed E-state index contributed by atoms with van der Waals surface area (Å²) in [6, 6.07) is 60.6. The van der Waals surface area contributed by atoms with E-state index in [1.807, 2.05) is 24.3 Å². The normalized spacial score (nSPS) is 12.9. The Hall–Kier alpha value is -6.12. The molecule has 0 N–H and O–H groups in total. The van der Waals surface area contributed by atoms with Crippen molar-refractivity contribution in [1.82, 2.24) is 9.97 Å². The summed E-state index contributed by atoms with van der Waals surface area (Å²) in [6.07, 6.45) is 0. The van der Waals surface area contributed by atoms with Gasteiger partial charge in [0.05, 0.1) is 11.4 Å². The van der Waals surface area contributed by atoms with Crippen LogP contribution in [0.15, 0.2) is 170 Å². The van der Waals surface area contributed by atoms with Crippen molar-refractivity contribution in [3.63, 3.8) is 0 Å². The maximum absolute atomic E-state index is 5.21. The second-order valence-electron chi connectivity index (χ2n) is 13.4. The smallest absolute Gasteiger partial charge is 0.160 e. The summed E-state index contributed by atoms with van der Waals surface area (Å²) in [4.78, 5) is 10.3. The highest BCUT2D eigenvalue weighted by Gasteiger charge is 2.37. The number of aromatic nitrogens is 2. The molecule has 8 aromatic rings. The van der Waals surface area contributed by atoms with Crippen LogP contribution in [0.25, 0.3) is 78.1 Å². The molecule has 0 amide bonds. The fourth-order valence-electron chi connectivity index (χ4n) is 7.65. The monoisotopic (exact) mass is 626 g/mol. The Morgan fingerprint density at radius 3 is 1.57 bits per heavy atom. The van der Waals surface area contributed by atoms with E-state index in [2.05, 4.69) is 159 Å². The Balaban J connectivity index is 1.26. The van der Waals surface area contributed by atoms with Crippen LogP contribution >= 0.6 is 0 Å². The first kappa shape index (κ1) is 29.1. The van der Waals surface area contributed by atoms with Crippen molar-refractivity contribution < 1.29 is 0 Å². The van der Waals surface area contributed by atoms with Gasteiger partial charge >= 0.3 is 0 Å². The molecule has 0 bridgehead atoms. The van der Waals surface area contributed by atoms with Crippen LogP contribution in [0, 0.1) is 0 Å². The zero-order valence-electron chi connectivity index (χ0n) is 27.6. The number of hydrogen-bond acceptors (Lipinski definition) is 2. The number of rotatable bonds is 5. The summed E-state index contributed by atoms with van der Waals surface area (Å²) in [5.74, 6) is 0.715. The molecule has 2 heteroatoms. The third-order valence-electron chi connectivity index (χ3n) is 10.1. The van der Waals surface area contributed by atoms with E-state index in [9.17, 15) is 0 Å². The van der Waals surface area contributed by atoms with Crippen LogP contribution in [0.4, 0.5) is 0 Å². The second-order valence-corrected chi connectivity index (χ2v) is 13.4. The van der Waals surface area contributed by atoms with Gasteiger partial charge in [-0.1, -0.05) is 166 Å². The zero-order valence-corrected chi connectivity index (χ0v) is 27.6. The van der Waals surface area contributed by atoms with Gasteiger partial charge in [0.2, 0.25) is 0 Å². The topological polar surface area (TPSA) is 25.8 Å². The van der Waals surface area contributed by atoms with Crippen molar-refractivity contribution in [2.45, 2.75) is 19.3 Å². The average Bonchev–Trinajstić information content (AvgIpc) is 3.39. The molecule has 1 aromatic heterocycles. The van der Waals surface area contributed by atoms with Gasteiger partial charge in [-0.05, 0) is 73.5 Å². The highest BCUT2D eigenvalue weighted by molar-refractivity contribution is 6.02. The minimum atomic E-state index is -0.111. The molecule has 0 spiro atoms. The lowest BCUT2D eigenvalue weighted by atomic mass is 9.81. The van der Waals surface area contributed by atoms with Crippen molar-refractivity contribution in [2.75, 3.05) is 0 Å². The molecule has 7 aromatic carbocycles. The van der Waals surface area contributed by atoms with Crippen LogP contribution in [0.1, 0.15) is 25.0 Å². The Morgan fingerprint density at radius 1 is 0.367 bits per heavy atom. The van der Waals surface area contributed by atoms with E-state index in [-0.39, 0.29) is 5.41 Å². The largest absolute Gasteiger partial charge is 0.228 e. The van der Waals surface area contributed by atoms with E-state index in [4.69, 9.17) is 9.97 Å². The van der Waals surface area contributed by atoms with Crippen molar-refractivity contribution >= 4 is 10.8 Å². The predicted molar refractivity (Wildman–Crippen MR) is 204 cm³/mol. The maximum atomic E-state index is 5.21. The van der Waals surface area contributed by atoms with E-state index >= 15 is 0 Å². The Bertz CT molecular complexity index is 2450. The first-order valence-electron chi connectivity index (χ1n) is 16.9. The molecule has 2 nitrogen and oxygen atoms in total. The van der Waals surface area contributed by atoms with Gasteiger partial charge in [0.15, 0.2) is 5.82 Å². The van der Waals surface area contributed by atoms with Crippen molar-refractivity contribution in [2.24, 2.45) is 0 Å². The van der Waals surface area contributed by atoms with Crippen LogP contribution in [0.3, 0.4) is 0 Å². The van der Waals surface area contributed by atoms with Crippen molar-refractivity contribution in [3.8, 4) is 67.3 Å². The second kappa shape index (κ2) is 11.5. The average molecular weight is 627 g/mol. The Morgan fingerprint density at radius 2 is 0.878 bits per heavy atom. The summed E-state index contributed by atoms with van der Waals surface area (Å²) in [6.45, 7) is 4.72. The van der Waals surface area contributed by atoms with Crippen LogP contribution in [-0.2, 0) is 5.41 Å². The summed E-state index contributed by atoms with van der Waals surface area (Å²) in [5.41, 5.74) is 15.0. The van der Waals surface area contributed by atoms with Crippen LogP contribution in [-0.4, -0.2) is 9.97 Å². The first-order valence-corrected chi connectivity index (χ1v) is 16.9. The van der Waals surface area contributed by atoms with Crippen LogP contribution in [0.5, 0.6) is 0 Å². The van der Waals surface area contributed by atoms with E-state index in [1.165, 1.54) is 49.7 Å². The van der Waals surface area contributed by atoms with Gasteiger partial charge in [0.25, 0.3) is 0 Å². The number of fused-ring (bicyclic) bond motifs is 4. The van der Waals surface area contributed by atoms with Crippen LogP contribution < -0.4 is 0 Å². The summed E-state index contributed by atoms with van der Waals surface area (Å²) in [7, 11) is 0. The molecule has 9 rings (SSSR count). The van der Waals surface area contributed by atoms with Gasteiger partial charge < -0.3 is 0 Å². The van der Waals surface area contributed by atoms with Crippen LogP contribution in [0.2, 0.25) is 0 Å². The minimum absolute atomic E-state index is 0.111. The molecular weight excluding hydrogens is 593 g/mol. The number of hydrogen-bond donors (Lipinski definition) is 0. The third-order valence-corrected chi connectivity index (χ3v) is 10.1. The molecule has 1 heterocycles. The number of benzene rings is 7. The van der Waals surface area contributed by atoms with Gasteiger partial charge in [0.1, 0.15) is 0 Å². The Labute approximate surface area is 287 Å². The van der Waals surface area contributed by atoms with Gasteiger partial charge in [-0.2, -0.15) is 0 Å². The predicted octanol–water partition coefficient (Wildman–Crippen LogP) is 12.3. The molecule has 0 saturated heterocycles. The molecule has 0 unspecified atom stereocenters. The first-order chi connectivity index (χ1) is 24.1. The zero-order chi connectivity index (χ0) is 33.0. The fourth-order valence-corrected chi connectivity index (χ4v) is 7.65. The van der Waals surface area contributed by atoms with Crippen molar-refractivity contribution in [1.29, 1.82) is 0 Å². The van der Waals surface area contributed by atoms with Gasteiger partial charge in [-0.25, -0.2) is 9.97 Å². The quantitative estimate of drug-likeness (QED) is 0.190. The molecule has 232 valence electrons. The van der Waals surface area contributed by atoms with Crippen molar-refractivity contribution in [3.05, 3.63) is 181 Å². The highest BCUT2D eigenvalue weighted by Crippen LogP contribution is 2.54. The van der Waals surface area contributed by atoms with Gasteiger partial charge in [0, 0.05) is 22.1 Å². The molecule has 1 aliphatic rings. The highest BCUT2D eigenvalue weighted by atomic mass is 14.9. The molecule has 49 heavy (non-hydrogen) atoms. The molecule has 0 atom stereocenters. The van der Waals surface area contributed by atoms with Gasteiger partial charge in [-0.15, -0.1) is 0 Å². The van der Waals surface area contributed by atoms with E-state index in [0.717, 1.165) is 33.6 Å². The van der Waals surface area contributed by atoms with E-state index < -0.39 is 0 Å². The van der Waals surface area contributed by atoms with Gasteiger partial charge in [-0.3, -0.25) is 0 Å². The fraction of sp³-hybridized carbons (Fsp3) is 0.0638. The SMILES string of the molecule is CC1(C)c2cc3ccccc3cc2-c2c(-c3ccccc3-c3ccccc3-c3cc(-c4ccccc4)nc(-c4ccccc4)n3)cccc21. The maximum Gasteiger partial charge on any atom is 0.160 e. The lowest BCUT2D eigenvalue weighted by molar-refractivity contribution is 0.661. The summed E-state index contributed by atoms with van der Waals surface area (Å²) < 4.78 is 0. The molecule has 0 saturated carbocycles. The molecule has 0 fully saturated rings. The lowest BCUT2D eigenvalue weighted by Gasteiger charge is -2.22.